The minimum atomic E-state index is -4.60. The largest absolute Gasteiger partial charge is 0.480 e. The van der Waals surface area contributed by atoms with Gasteiger partial charge in [-0.15, -0.1) is 0 Å². The molecule has 0 radical (unpaired) electrons. The van der Waals surface area contributed by atoms with Gasteiger partial charge in [0.2, 0.25) is 5.91 Å². The summed E-state index contributed by atoms with van der Waals surface area (Å²) in [5, 5.41) is 11.5. The van der Waals surface area contributed by atoms with Crippen molar-refractivity contribution in [3.63, 3.8) is 0 Å². The zero-order valence-electron chi connectivity index (χ0n) is 9.83. The lowest BCUT2D eigenvalue weighted by molar-refractivity contribution is -0.168. The van der Waals surface area contributed by atoms with Crippen molar-refractivity contribution in [1.82, 2.24) is 10.2 Å². The van der Waals surface area contributed by atoms with E-state index < -0.39 is 37.1 Å². The first-order chi connectivity index (χ1) is 8.20. The quantitative estimate of drug-likeness (QED) is 0.777. The van der Waals surface area contributed by atoms with Gasteiger partial charge in [-0.05, 0) is 19.9 Å². The summed E-state index contributed by atoms with van der Waals surface area (Å²) in [6.07, 6.45) is -4.17. The van der Waals surface area contributed by atoms with Gasteiger partial charge in [0.05, 0.1) is 5.92 Å². The highest BCUT2D eigenvalue weighted by Crippen LogP contribution is 2.22. The lowest BCUT2D eigenvalue weighted by Gasteiger charge is -2.26. The van der Waals surface area contributed by atoms with E-state index in [1.54, 1.807) is 6.92 Å². The number of halogens is 3. The molecule has 0 aliphatic carbocycles. The van der Waals surface area contributed by atoms with Crippen LogP contribution in [0.1, 0.15) is 13.3 Å². The molecule has 2 atom stereocenters. The summed E-state index contributed by atoms with van der Waals surface area (Å²) in [7, 11) is 0. The number of nitrogens with one attached hydrogen (secondary N) is 1. The van der Waals surface area contributed by atoms with E-state index in [1.807, 2.05) is 0 Å². The van der Waals surface area contributed by atoms with Crippen molar-refractivity contribution >= 4 is 11.9 Å². The Morgan fingerprint density at radius 3 is 2.44 bits per heavy atom. The lowest BCUT2D eigenvalue weighted by Crippen LogP contribution is -2.46. The Morgan fingerprint density at radius 1 is 1.44 bits per heavy atom. The van der Waals surface area contributed by atoms with Gasteiger partial charge in [0.1, 0.15) is 13.1 Å². The molecule has 18 heavy (non-hydrogen) atoms. The van der Waals surface area contributed by atoms with Gasteiger partial charge >= 0.3 is 12.1 Å². The first-order valence-corrected chi connectivity index (χ1v) is 5.51. The van der Waals surface area contributed by atoms with Crippen LogP contribution >= 0.6 is 0 Å². The second-order valence-electron chi connectivity index (χ2n) is 4.34. The van der Waals surface area contributed by atoms with Crippen LogP contribution in [0.3, 0.4) is 0 Å². The fourth-order valence-corrected chi connectivity index (χ4v) is 2.02. The fourth-order valence-electron chi connectivity index (χ4n) is 2.02. The number of rotatable bonds is 4. The number of carboxylic acids is 1. The summed E-state index contributed by atoms with van der Waals surface area (Å²) >= 11 is 0. The van der Waals surface area contributed by atoms with Crippen molar-refractivity contribution in [3.05, 3.63) is 0 Å². The van der Waals surface area contributed by atoms with Crippen LogP contribution in [-0.4, -0.2) is 53.7 Å². The molecule has 0 bridgehead atoms. The molecule has 1 heterocycles. The Labute approximate surface area is 102 Å². The fraction of sp³-hybridized carbons (Fsp3) is 0.800. The van der Waals surface area contributed by atoms with Crippen molar-refractivity contribution in [2.24, 2.45) is 5.92 Å². The molecule has 1 rings (SSSR count). The van der Waals surface area contributed by atoms with E-state index >= 15 is 0 Å². The molecular formula is C10H15F3N2O3. The zero-order chi connectivity index (χ0) is 13.9. The van der Waals surface area contributed by atoms with Crippen LogP contribution in [0, 0.1) is 5.92 Å². The number of carboxylic acid groups (broad SMARTS) is 1. The van der Waals surface area contributed by atoms with Crippen LogP contribution in [0.2, 0.25) is 0 Å². The third kappa shape index (κ3) is 4.17. The molecule has 0 saturated carbocycles. The van der Waals surface area contributed by atoms with Gasteiger partial charge in [0.15, 0.2) is 0 Å². The van der Waals surface area contributed by atoms with E-state index in [0.29, 0.717) is 17.9 Å². The Balaban J connectivity index is 2.75. The maximum absolute atomic E-state index is 12.3. The second kappa shape index (κ2) is 5.55. The third-order valence-corrected chi connectivity index (χ3v) is 2.85. The summed E-state index contributed by atoms with van der Waals surface area (Å²) in [5.74, 6) is -2.80. The summed E-state index contributed by atoms with van der Waals surface area (Å²) in [6, 6.07) is -0.234. The standard InChI is InChI=1S/C10H15F3N2O3/c1-6-7(2-3-14-6)9(18)15(4-8(16)17)5-10(11,12)13/h6-7,14H,2-5H2,1H3,(H,16,17). The smallest absolute Gasteiger partial charge is 0.406 e. The number of amides is 1. The molecule has 104 valence electrons. The van der Waals surface area contributed by atoms with E-state index in [2.05, 4.69) is 5.32 Å². The number of alkyl halides is 3. The molecule has 2 N–H and O–H groups in total. The lowest BCUT2D eigenvalue weighted by atomic mass is 10.0. The number of carbonyl (C=O) groups excluding carboxylic acids is 1. The van der Waals surface area contributed by atoms with Gasteiger partial charge in [0.25, 0.3) is 0 Å². The van der Waals surface area contributed by atoms with Crippen LogP contribution in [0.25, 0.3) is 0 Å². The SMILES string of the molecule is CC1NCCC1C(=O)N(CC(=O)O)CC(F)(F)F. The first-order valence-electron chi connectivity index (χ1n) is 5.51. The molecule has 0 aromatic rings. The average Bonchev–Trinajstić information content (AvgIpc) is 2.59. The topological polar surface area (TPSA) is 69.6 Å². The summed E-state index contributed by atoms with van der Waals surface area (Å²) < 4.78 is 36.9. The molecule has 1 aliphatic heterocycles. The Hall–Kier alpha value is -1.31. The molecule has 1 aliphatic rings. The monoisotopic (exact) mass is 268 g/mol. The molecule has 5 nitrogen and oxygen atoms in total. The number of carbonyl (C=O) groups is 2. The molecule has 2 unspecified atom stereocenters. The molecule has 0 aromatic heterocycles. The molecule has 8 heteroatoms. The highest BCUT2D eigenvalue weighted by molar-refractivity contribution is 5.83. The number of hydrogen-bond donors (Lipinski definition) is 2. The van der Waals surface area contributed by atoms with Gasteiger partial charge < -0.3 is 15.3 Å². The number of hydrogen-bond acceptors (Lipinski definition) is 3. The highest BCUT2D eigenvalue weighted by Gasteiger charge is 2.39. The van der Waals surface area contributed by atoms with Crippen LogP contribution < -0.4 is 5.32 Å². The predicted molar refractivity (Wildman–Crippen MR) is 55.8 cm³/mol. The summed E-state index contributed by atoms with van der Waals surface area (Å²) in [6.45, 7) is -0.213. The van der Waals surface area contributed by atoms with E-state index in [4.69, 9.17) is 5.11 Å². The average molecular weight is 268 g/mol. The van der Waals surface area contributed by atoms with Crippen molar-refractivity contribution in [2.45, 2.75) is 25.6 Å². The predicted octanol–water partition coefficient (Wildman–Crippen LogP) is 0.460. The molecular weight excluding hydrogens is 253 g/mol. The Bertz CT molecular complexity index is 333. The second-order valence-corrected chi connectivity index (χ2v) is 4.34. The number of aliphatic carboxylic acids is 1. The van der Waals surface area contributed by atoms with E-state index in [9.17, 15) is 22.8 Å². The van der Waals surface area contributed by atoms with E-state index in [0.717, 1.165) is 0 Å². The van der Waals surface area contributed by atoms with Gasteiger partial charge in [-0.1, -0.05) is 0 Å². The van der Waals surface area contributed by atoms with E-state index in [-0.39, 0.29) is 6.04 Å². The molecule has 1 fully saturated rings. The van der Waals surface area contributed by atoms with Crippen LogP contribution in [0.15, 0.2) is 0 Å². The molecule has 0 spiro atoms. The van der Waals surface area contributed by atoms with Crippen molar-refractivity contribution < 1.29 is 27.9 Å². The summed E-state index contributed by atoms with van der Waals surface area (Å²) in [5.41, 5.74) is 0. The van der Waals surface area contributed by atoms with Crippen molar-refractivity contribution in [3.8, 4) is 0 Å². The van der Waals surface area contributed by atoms with Crippen LogP contribution in [-0.2, 0) is 9.59 Å². The van der Waals surface area contributed by atoms with Crippen molar-refractivity contribution in [1.29, 1.82) is 0 Å². The minimum Gasteiger partial charge on any atom is -0.480 e. The van der Waals surface area contributed by atoms with Crippen molar-refractivity contribution in [2.75, 3.05) is 19.6 Å². The number of nitrogens with zero attached hydrogens (tertiary/aromatic N) is 1. The molecule has 0 aromatic carbocycles. The normalized spacial score (nSPS) is 24.0. The maximum atomic E-state index is 12.3. The Morgan fingerprint density at radius 2 is 2.06 bits per heavy atom. The third-order valence-electron chi connectivity index (χ3n) is 2.85. The van der Waals surface area contributed by atoms with Gasteiger partial charge in [-0.25, -0.2) is 0 Å². The Kier molecular flexibility index (Phi) is 4.55. The highest BCUT2D eigenvalue weighted by atomic mass is 19.4. The van der Waals surface area contributed by atoms with Gasteiger partial charge in [-0.2, -0.15) is 13.2 Å². The van der Waals surface area contributed by atoms with Crippen LogP contribution in [0.5, 0.6) is 0 Å². The zero-order valence-corrected chi connectivity index (χ0v) is 9.83. The van der Waals surface area contributed by atoms with E-state index in [1.165, 1.54) is 0 Å². The minimum absolute atomic E-state index is 0.234. The first kappa shape index (κ1) is 14.7. The van der Waals surface area contributed by atoms with Gasteiger partial charge in [0, 0.05) is 6.04 Å². The van der Waals surface area contributed by atoms with Gasteiger partial charge in [-0.3, -0.25) is 9.59 Å². The van der Waals surface area contributed by atoms with Crippen LogP contribution in [0.4, 0.5) is 13.2 Å². The molecule has 1 saturated heterocycles. The molecule has 1 amide bonds. The maximum Gasteiger partial charge on any atom is 0.406 e. The summed E-state index contributed by atoms with van der Waals surface area (Å²) in [4.78, 5) is 22.8.